The van der Waals surface area contributed by atoms with E-state index in [2.05, 4.69) is 113 Å². The van der Waals surface area contributed by atoms with Crippen molar-refractivity contribution < 1.29 is 0 Å². The summed E-state index contributed by atoms with van der Waals surface area (Å²) in [6.07, 6.45) is 0. The second-order valence-corrected chi connectivity index (χ2v) is 7.40. The topological polar surface area (TPSA) is 0 Å². The molecular weight excluding hydrogens is 558 g/mol. The van der Waals surface area contributed by atoms with Gasteiger partial charge in [0.2, 0.25) is 0 Å². The van der Waals surface area contributed by atoms with E-state index in [1.54, 1.807) is 0 Å². The molecule has 0 atom stereocenters. The van der Waals surface area contributed by atoms with Crippen LogP contribution in [0.25, 0.3) is 11.1 Å². The van der Waals surface area contributed by atoms with Gasteiger partial charge in [-0.05, 0) is 80.6 Å². The van der Waals surface area contributed by atoms with E-state index in [4.69, 9.17) is 0 Å². The summed E-state index contributed by atoms with van der Waals surface area (Å²) in [7, 11) is 0. The summed E-state index contributed by atoms with van der Waals surface area (Å²) in [6.45, 7) is 0. The smallest absolute Gasteiger partial charge is 0.0220 e. The van der Waals surface area contributed by atoms with Crippen molar-refractivity contribution in [3.05, 3.63) is 52.5 Å². The fourth-order valence-electron chi connectivity index (χ4n) is 1.42. The second-order valence-electron chi connectivity index (χ2n) is 3.25. The van der Waals surface area contributed by atoms with Crippen molar-refractivity contribution in [2.24, 2.45) is 0 Å². The predicted octanol–water partition coefficient (Wildman–Crippen LogP) is 6.09. The van der Waals surface area contributed by atoms with Crippen molar-refractivity contribution in [1.82, 2.24) is 0 Å². The highest BCUT2D eigenvalue weighted by Gasteiger charge is 2.07. The zero-order valence-electron chi connectivity index (χ0n) is 7.98. The van der Waals surface area contributed by atoms with Crippen molar-refractivity contribution in [1.29, 1.82) is 0 Å². The molecule has 0 nitrogen and oxygen atoms in total. The van der Waals surface area contributed by atoms with E-state index < -0.39 is 0 Å². The van der Waals surface area contributed by atoms with Gasteiger partial charge in [-0.15, -0.1) is 0 Å². The summed E-state index contributed by atoms with van der Waals surface area (Å²) in [6, 6.07) is 12.7. The maximum atomic E-state index is 3.48. The third kappa shape index (κ3) is 3.00. The number of hydrogen-bond donors (Lipinski definition) is 0. The molecule has 0 bridgehead atoms. The molecular formula is C12H6Br2I2. The van der Waals surface area contributed by atoms with E-state index >= 15 is 0 Å². The molecule has 16 heavy (non-hydrogen) atoms. The van der Waals surface area contributed by atoms with Crippen molar-refractivity contribution >= 4 is 77.0 Å². The molecule has 82 valence electrons. The largest absolute Gasteiger partial charge is 0.0522 e. The fourth-order valence-corrected chi connectivity index (χ4v) is 4.61. The van der Waals surface area contributed by atoms with Gasteiger partial charge >= 0.3 is 0 Å². The summed E-state index contributed by atoms with van der Waals surface area (Å²) >= 11 is 11.7. The molecule has 0 saturated heterocycles. The van der Waals surface area contributed by atoms with Gasteiger partial charge in [-0.3, -0.25) is 0 Å². The summed E-state index contributed by atoms with van der Waals surface area (Å²) < 4.78 is 4.75. The Morgan fingerprint density at radius 2 is 1.06 bits per heavy atom. The molecule has 2 aromatic carbocycles. The van der Waals surface area contributed by atoms with Gasteiger partial charge in [0.1, 0.15) is 0 Å². The third-order valence-electron chi connectivity index (χ3n) is 2.15. The number of hydrogen-bond acceptors (Lipinski definition) is 0. The Kier molecular flexibility index (Phi) is 4.71. The lowest BCUT2D eigenvalue weighted by molar-refractivity contribution is 1.52. The van der Waals surface area contributed by atoms with E-state index in [9.17, 15) is 0 Å². The van der Waals surface area contributed by atoms with Gasteiger partial charge in [0.25, 0.3) is 0 Å². The van der Waals surface area contributed by atoms with Crippen LogP contribution in [-0.2, 0) is 0 Å². The van der Waals surface area contributed by atoms with E-state index in [1.165, 1.54) is 18.3 Å². The molecule has 0 radical (unpaired) electrons. The Balaban J connectivity index is 2.59. The first-order valence-electron chi connectivity index (χ1n) is 4.48. The lowest BCUT2D eigenvalue weighted by atomic mass is 10.1. The zero-order chi connectivity index (χ0) is 11.7. The molecule has 0 N–H and O–H groups in total. The summed E-state index contributed by atoms with van der Waals surface area (Å²) in [5, 5.41) is 0. The molecule has 0 heterocycles. The Bertz CT molecular complexity index is 489. The first-order chi connectivity index (χ1) is 7.58. The Morgan fingerprint density at radius 1 is 0.688 bits per heavy atom. The fraction of sp³-hybridized carbons (Fsp3) is 0. The molecule has 0 unspecified atom stereocenters. The van der Waals surface area contributed by atoms with Crippen molar-refractivity contribution in [2.75, 3.05) is 0 Å². The van der Waals surface area contributed by atoms with Crippen LogP contribution in [0.1, 0.15) is 0 Å². The molecule has 4 heteroatoms. The maximum Gasteiger partial charge on any atom is 0.0220 e. The van der Waals surface area contributed by atoms with Gasteiger partial charge < -0.3 is 0 Å². The van der Waals surface area contributed by atoms with Crippen LogP contribution in [0.2, 0.25) is 0 Å². The van der Waals surface area contributed by atoms with Crippen LogP contribution >= 0.6 is 77.0 Å². The number of benzene rings is 2. The molecule has 0 amide bonds. The maximum absolute atomic E-state index is 3.48. The van der Waals surface area contributed by atoms with E-state index in [0.717, 1.165) is 8.95 Å². The number of rotatable bonds is 1. The molecule has 2 aromatic rings. The monoisotopic (exact) mass is 562 g/mol. The molecule has 0 aromatic heterocycles. The lowest BCUT2D eigenvalue weighted by Crippen LogP contribution is -1.86. The third-order valence-corrected chi connectivity index (χ3v) is 4.92. The average Bonchev–Trinajstić information content (AvgIpc) is 2.19. The minimum Gasteiger partial charge on any atom is -0.0522 e. The highest BCUT2D eigenvalue weighted by molar-refractivity contribution is 14.1. The standard InChI is InChI=1S/C12H6Br2I2/c13-7-1-3-9(11(15)5-7)10-4-2-8(14)6-12(10)16/h1-6H. The lowest BCUT2D eigenvalue weighted by Gasteiger charge is -2.08. The van der Waals surface area contributed by atoms with Crippen LogP contribution in [0.15, 0.2) is 45.3 Å². The van der Waals surface area contributed by atoms with Crippen molar-refractivity contribution in [3.63, 3.8) is 0 Å². The normalized spacial score (nSPS) is 10.5. The van der Waals surface area contributed by atoms with Gasteiger partial charge in [0, 0.05) is 16.1 Å². The quantitative estimate of drug-likeness (QED) is 0.369. The van der Waals surface area contributed by atoms with Crippen LogP contribution in [0.3, 0.4) is 0 Å². The van der Waals surface area contributed by atoms with Crippen LogP contribution < -0.4 is 0 Å². The first kappa shape index (κ1) is 13.3. The van der Waals surface area contributed by atoms with E-state index in [-0.39, 0.29) is 0 Å². The van der Waals surface area contributed by atoms with Crippen LogP contribution in [0.5, 0.6) is 0 Å². The summed E-state index contributed by atoms with van der Waals surface area (Å²) in [5.41, 5.74) is 2.56. The molecule has 0 saturated carbocycles. The van der Waals surface area contributed by atoms with Crippen molar-refractivity contribution in [2.45, 2.75) is 0 Å². The molecule has 0 aliphatic carbocycles. The highest BCUT2D eigenvalue weighted by Crippen LogP contribution is 2.32. The predicted molar refractivity (Wildman–Crippen MR) is 92.7 cm³/mol. The van der Waals surface area contributed by atoms with Gasteiger partial charge in [0.15, 0.2) is 0 Å². The Labute approximate surface area is 139 Å². The molecule has 0 aliphatic rings. The summed E-state index contributed by atoms with van der Waals surface area (Å²) in [4.78, 5) is 0. The number of halogens is 4. The van der Waals surface area contributed by atoms with Gasteiger partial charge in [-0.2, -0.15) is 0 Å². The van der Waals surface area contributed by atoms with E-state index in [1.807, 2.05) is 0 Å². The minimum atomic E-state index is 1.12. The van der Waals surface area contributed by atoms with E-state index in [0.29, 0.717) is 0 Å². The molecule has 0 spiro atoms. The van der Waals surface area contributed by atoms with Gasteiger partial charge in [-0.1, -0.05) is 44.0 Å². The van der Waals surface area contributed by atoms with Gasteiger partial charge in [0.05, 0.1) is 0 Å². The average molecular weight is 564 g/mol. The molecule has 0 aliphatic heterocycles. The second kappa shape index (κ2) is 5.67. The van der Waals surface area contributed by atoms with Crippen LogP contribution in [-0.4, -0.2) is 0 Å². The highest BCUT2D eigenvalue weighted by atomic mass is 127. The first-order valence-corrected chi connectivity index (χ1v) is 8.23. The van der Waals surface area contributed by atoms with Crippen LogP contribution in [0, 0.1) is 7.14 Å². The zero-order valence-corrected chi connectivity index (χ0v) is 15.5. The molecule has 0 fully saturated rings. The molecule has 2 rings (SSSR count). The van der Waals surface area contributed by atoms with Gasteiger partial charge in [-0.25, -0.2) is 0 Å². The summed E-state index contributed by atoms with van der Waals surface area (Å²) in [5.74, 6) is 0. The SMILES string of the molecule is Brc1ccc(-c2ccc(Br)cc2I)c(I)c1. The Morgan fingerprint density at radius 3 is 1.38 bits per heavy atom. The van der Waals surface area contributed by atoms with Crippen molar-refractivity contribution in [3.8, 4) is 11.1 Å². The van der Waals surface area contributed by atoms with Crippen LogP contribution in [0.4, 0.5) is 0 Å². The minimum absolute atomic E-state index is 1.12. The Hall–Kier alpha value is 0.860.